The fraction of sp³-hybridized carbons (Fsp3) is 0.200. The maximum absolute atomic E-state index is 11.9. The highest BCUT2D eigenvalue weighted by atomic mass is 16.5. The maximum atomic E-state index is 11.9. The Labute approximate surface area is 106 Å². The van der Waals surface area contributed by atoms with Gasteiger partial charge in [0.25, 0.3) is 0 Å². The van der Waals surface area contributed by atoms with E-state index < -0.39 is 0 Å². The van der Waals surface area contributed by atoms with E-state index in [1.54, 1.807) is 19.5 Å². The number of nitrogens with zero attached hydrogens (tertiary/aromatic N) is 1. The summed E-state index contributed by atoms with van der Waals surface area (Å²) in [6.45, 7) is 0. The second-order valence-electron chi connectivity index (χ2n) is 4.10. The Morgan fingerprint density at radius 3 is 2.44 bits per heavy atom. The molecule has 0 atom stereocenters. The molecule has 0 N–H and O–H groups in total. The molecule has 0 aliphatic heterocycles. The fourth-order valence-corrected chi connectivity index (χ4v) is 1.76. The number of Topliss-reactive ketones (excluding diaryl/α,β-unsaturated/α-hetero) is 1. The van der Waals surface area contributed by atoms with Crippen LogP contribution in [0.25, 0.3) is 0 Å². The number of pyridine rings is 1. The molecule has 3 nitrogen and oxygen atoms in total. The Balaban J connectivity index is 1.94. The van der Waals surface area contributed by atoms with Crippen LogP contribution in [-0.4, -0.2) is 17.9 Å². The predicted octanol–water partition coefficient (Wildman–Crippen LogP) is 2.44. The van der Waals surface area contributed by atoms with E-state index >= 15 is 0 Å². The fourth-order valence-electron chi connectivity index (χ4n) is 1.76. The largest absolute Gasteiger partial charge is 0.497 e. The van der Waals surface area contributed by atoms with Gasteiger partial charge in [-0.15, -0.1) is 0 Å². The summed E-state index contributed by atoms with van der Waals surface area (Å²) in [7, 11) is 1.63. The molecule has 2 rings (SSSR count). The van der Waals surface area contributed by atoms with Gasteiger partial charge in [0, 0.05) is 25.2 Å². The lowest BCUT2D eigenvalue weighted by atomic mass is 10.0. The van der Waals surface area contributed by atoms with Gasteiger partial charge in [-0.25, -0.2) is 0 Å². The van der Waals surface area contributed by atoms with Crippen molar-refractivity contribution in [3.63, 3.8) is 0 Å². The predicted molar refractivity (Wildman–Crippen MR) is 69.6 cm³/mol. The highest BCUT2D eigenvalue weighted by Crippen LogP contribution is 2.12. The van der Waals surface area contributed by atoms with E-state index in [9.17, 15) is 4.79 Å². The Hall–Kier alpha value is -2.16. The van der Waals surface area contributed by atoms with Crippen molar-refractivity contribution < 1.29 is 9.53 Å². The monoisotopic (exact) mass is 241 g/mol. The van der Waals surface area contributed by atoms with E-state index in [0.29, 0.717) is 12.8 Å². The van der Waals surface area contributed by atoms with E-state index in [2.05, 4.69) is 4.98 Å². The number of methoxy groups -OCH3 is 1. The average Bonchev–Trinajstić information content (AvgIpc) is 2.40. The number of rotatable bonds is 5. The quantitative estimate of drug-likeness (QED) is 0.807. The van der Waals surface area contributed by atoms with Crippen LogP contribution >= 0.6 is 0 Å². The van der Waals surface area contributed by atoms with Crippen molar-refractivity contribution in [2.45, 2.75) is 12.8 Å². The van der Waals surface area contributed by atoms with Crippen molar-refractivity contribution in [2.75, 3.05) is 7.11 Å². The molecule has 0 aliphatic rings. The second-order valence-corrected chi connectivity index (χ2v) is 4.10. The van der Waals surface area contributed by atoms with Crippen molar-refractivity contribution >= 4 is 5.78 Å². The van der Waals surface area contributed by atoms with Crippen LogP contribution in [0.5, 0.6) is 5.75 Å². The van der Waals surface area contributed by atoms with Crippen molar-refractivity contribution in [1.29, 1.82) is 0 Å². The summed E-state index contributed by atoms with van der Waals surface area (Å²) in [6, 6.07) is 11.3. The molecule has 0 amide bonds. The number of carbonyl (C=O) groups excluding carboxylic acids is 1. The molecule has 92 valence electrons. The van der Waals surface area contributed by atoms with Gasteiger partial charge in [0.05, 0.1) is 7.11 Å². The summed E-state index contributed by atoms with van der Waals surface area (Å²) in [5, 5.41) is 0. The van der Waals surface area contributed by atoms with Crippen molar-refractivity contribution in [3.8, 4) is 5.75 Å². The van der Waals surface area contributed by atoms with Gasteiger partial charge in [0.15, 0.2) is 0 Å². The van der Waals surface area contributed by atoms with Gasteiger partial charge >= 0.3 is 0 Å². The minimum Gasteiger partial charge on any atom is -0.497 e. The number of benzene rings is 1. The lowest BCUT2D eigenvalue weighted by Crippen LogP contribution is -2.06. The number of carbonyl (C=O) groups is 1. The minimum atomic E-state index is 0.188. The topological polar surface area (TPSA) is 39.2 Å². The zero-order valence-electron chi connectivity index (χ0n) is 10.3. The van der Waals surface area contributed by atoms with E-state index in [0.717, 1.165) is 16.9 Å². The van der Waals surface area contributed by atoms with Gasteiger partial charge in [-0.2, -0.15) is 0 Å². The smallest absolute Gasteiger partial charge is 0.141 e. The molecule has 0 bridgehead atoms. The molecule has 1 heterocycles. The summed E-state index contributed by atoms with van der Waals surface area (Å²) in [5.41, 5.74) is 1.96. The van der Waals surface area contributed by atoms with Crippen molar-refractivity contribution in [3.05, 3.63) is 59.9 Å². The number of ether oxygens (including phenoxy) is 1. The molecular formula is C15H15NO2. The first-order valence-electron chi connectivity index (χ1n) is 5.81. The van der Waals surface area contributed by atoms with E-state index in [1.807, 2.05) is 36.4 Å². The average molecular weight is 241 g/mol. The van der Waals surface area contributed by atoms with Gasteiger partial charge in [-0.1, -0.05) is 18.2 Å². The van der Waals surface area contributed by atoms with Gasteiger partial charge in [0.2, 0.25) is 0 Å². The normalized spacial score (nSPS) is 10.1. The third kappa shape index (κ3) is 3.42. The Bertz CT molecular complexity index is 506. The maximum Gasteiger partial charge on any atom is 0.141 e. The Morgan fingerprint density at radius 2 is 1.83 bits per heavy atom. The molecule has 1 aromatic carbocycles. The van der Waals surface area contributed by atoms with Crippen LogP contribution in [-0.2, 0) is 17.6 Å². The number of hydrogen-bond acceptors (Lipinski definition) is 3. The minimum absolute atomic E-state index is 0.188. The second kappa shape index (κ2) is 5.96. The lowest BCUT2D eigenvalue weighted by Gasteiger charge is -2.03. The number of ketones is 1. The third-order valence-corrected chi connectivity index (χ3v) is 2.68. The zero-order chi connectivity index (χ0) is 12.8. The van der Waals surface area contributed by atoms with Crippen LogP contribution in [0.3, 0.4) is 0 Å². The summed E-state index contributed by atoms with van der Waals surface area (Å²) in [6.07, 6.45) is 4.31. The molecule has 0 aliphatic carbocycles. The zero-order valence-corrected chi connectivity index (χ0v) is 10.3. The Morgan fingerprint density at radius 1 is 1.11 bits per heavy atom. The van der Waals surface area contributed by atoms with Crippen LogP contribution in [0.2, 0.25) is 0 Å². The van der Waals surface area contributed by atoms with E-state index in [1.165, 1.54) is 0 Å². The first-order valence-corrected chi connectivity index (χ1v) is 5.81. The summed E-state index contributed by atoms with van der Waals surface area (Å²) in [4.78, 5) is 15.9. The standard InChI is InChI=1S/C15H15NO2/c1-18-15-6-4-12(5-7-15)9-14(17)10-13-3-2-8-16-11-13/h2-8,11H,9-10H2,1H3. The Kier molecular flexibility index (Phi) is 4.07. The summed E-state index contributed by atoms with van der Waals surface area (Å²) in [5.74, 6) is 0.992. The molecule has 1 aromatic heterocycles. The molecular weight excluding hydrogens is 226 g/mol. The van der Waals surface area contributed by atoms with Crippen molar-refractivity contribution in [1.82, 2.24) is 4.98 Å². The molecule has 0 saturated heterocycles. The van der Waals surface area contributed by atoms with E-state index in [4.69, 9.17) is 4.74 Å². The molecule has 3 heteroatoms. The first kappa shape index (κ1) is 12.3. The van der Waals surface area contributed by atoms with Crippen molar-refractivity contribution in [2.24, 2.45) is 0 Å². The van der Waals surface area contributed by atoms with Gasteiger partial charge < -0.3 is 4.74 Å². The van der Waals surface area contributed by atoms with Crippen LogP contribution < -0.4 is 4.74 Å². The molecule has 0 fully saturated rings. The third-order valence-electron chi connectivity index (χ3n) is 2.68. The highest BCUT2D eigenvalue weighted by molar-refractivity contribution is 5.83. The first-order chi connectivity index (χ1) is 8.78. The van der Waals surface area contributed by atoms with Crippen LogP contribution in [0, 0.1) is 0 Å². The van der Waals surface area contributed by atoms with Crippen LogP contribution in [0.4, 0.5) is 0 Å². The number of hydrogen-bond donors (Lipinski definition) is 0. The molecule has 0 radical (unpaired) electrons. The molecule has 2 aromatic rings. The lowest BCUT2D eigenvalue weighted by molar-refractivity contribution is -0.117. The molecule has 0 unspecified atom stereocenters. The van der Waals surface area contributed by atoms with Gasteiger partial charge in [-0.05, 0) is 29.3 Å². The summed E-state index contributed by atoms with van der Waals surface area (Å²) < 4.78 is 5.08. The van der Waals surface area contributed by atoms with E-state index in [-0.39, 0.29) is 5.78 Å². The van der Waals surface area contributed by atoms with Crippen LogP contribution in [0.1, 0.15) is 11.1 Å². The molecule has 18 heavy (non-hydrogen) atoms. The van der Waals surface area contributed by atoms with Gasteiger partial charge in [0.1, 0.15) is 11.5 Å². The molecule has 0 saturated carbocycles. The number of aromatic nitrogens is 1. The molecule has 0 spiro atoms. The van der Waals surface area contributed by atoms with Gasteiger partial charge in [-0.3, -0.25) is 9.78 Å². The highest BCUT2D eigenvalue weighted by Gasteiger charge is 2.05. The SMILES string of the molecule is COc1ccc(CC(=O)Cc2cccnc2)cc1. The van der Waals surface area contributed by atoms with Crippen LogP contribution in [0.15, 0.2) is 48.8 Å². The summed E-state index contributed by atoms with van der Waals surface area (Å²) >= 11 is 0.